The lowest BCUT2D eigenvalue weighted by molar-refractivity contribution is -0.132. The van der Waals surface area contributed by atoms with E-state index < -0.39 is 5.97 Å². The van der Waals surface area contributed by atoms with Crippen LogP contribution in [0.4, 0.5) is 0 Å². The smallest absolute Gasteiger partial charge is 0.332 e. The van der Waals surface area contributed by atoms with Crippen molar-refractivity contribution in [2.75, 3.05) is 6.54 Å². The molecule has 1 aliphatic carbocycles. The molecule has 0 aromatic rings. The van der Waals surface area contributed by atoms with Gasteiger partial charge in [0.05, 0.1) is 0 Å². The molecule has 0 unspecified atom stereocenters. The zero-order valence-corrected chi connectivity index (χ0v) is 9.46. The zero-order chi connectivity index (χ0) is 11.3. The van der Waals surface area contributed by atoms with E-state index in [1.165, 1.54) is 32.1 Å². The van der Waals surface area contributed by atoms with Crippen molar-refractivity contribution in [1.29, 1.82) is 0 Å². The molecule has 3 heteroatoms. The number of carboxylic acid groups (broad SMARTS) is 1. The van der Waals surface area contributed by atoms with Gasteiger partial charge in [-0.3, -0.25) is 0 Å². The summed E-state index contributed by atoms with van der Waals surface area (Å²) in [6.07, 6.45) is 6.53. The fourth-order valence-corrected chi connectivity index (χ4v) is 2.16. The number of aliphatic carboxylic acids is 1. The van der Waals surface area contributed by atoms with Gasteiger partial charge in [0.2, 0.25) is 0 Å². The second-order valence-corrected chi connectivity index (χ2v) is 4.48. The van der Waals surface area contributed by atoms with Gasteiger partial charge in [-0.05, 0) is 25.7 Å². The highest BCUT2D eigenvalue weighted by Crippen LogP contribution is 2.26. The van der Waals surface area contributed by atoms with E-state index in [1.807, 2.05) is 0 Å². The predicted octanol–water partition coefficient (Wildman–Crippen LogP) is 2.19. The molecule has 0 aliphatic heterocycles. The van der Waals surface area contributed by atoms with Crippen LogP contribution in [0.25, 0.3) is 0 Å². The van der Waals surface area contributed by atoms with Crippen molar-refractivity contribution in [2.45, 2.75) is 45.1 Å². The van der Waals surface area contributed by atoms with E-state index in [0.717, 1.165) is 0 Å². The normalized spacial score (nSPS) is 19.8. The van der Waals surface area contributed by atoms with Crippen LogP contribution in [0.2, 0.25) is 0 Å². The van der Waals surface area contributed by atoms with Gasteiger partial charge in [-0.2, -0.15) is 0 Å². The molecule has 0 radical (unpaired) electrons. The molecule has 1 aliphatic rings. The van der Waals surface area contributed by atoms with E-state index in [0.29, 0.717) is 18.5 Å². The average molecular weight is 211 g/mol. The number of carboxylic acids is 1. The van der Waals surface area contributed by atoms with Gasteiger partial charge in [-0.15, -0.1) is 0 Å². The Morgan fingerprint density at radius 1 is 1.47 bits per heavy atom. The Labute approximate surface area is 91.6 Å². The topological polar surface area (TPSA) is 49.3 Å². The van der Waals surface area contributed by atoms with Crippen molar-refractivity contribution in [2.24, 2.45) is 5.92 Å². The minimum Gasteiger partial charge on any atom is -0.478 e. The number of carbonyl (C=O) groups is 1. The Morgan fingerprint density at radius 2 is 2.07 bits per heavy atom. The summed E-state index contributed by atoms with van der Waals surface area (Å²) in [4.78, 5) is 10.5. The van der Waals surface area contributed by atoms with E-state index in [2.05, 4.69) is 18.8 Å². The molecule has 1 atom stereocenters. The maximum absolute atomic E-state index is 10.5. The van der Waals surface area contributed by atoms with Crippen molar-refractivity contribution < 1.29 is 9.90 Å². The molecule has 15 heavy (non-hydrogen) atoms. The summed E-state index contributed by atoms with van der Waals surface area (Å²) in [7, 11) is 0. The van der Waals surface area contributed by atoms with Crippen LogP contribution in [0.5, 0.6) is 0 Å². The van der Waals surface area contributed by atoms with Crippen LogP contribution >= 0.6 is 0 Å². The van der Waals surface area contributed by atoms with Crippen molar-refractivity contribution in [1.82, 2.24) is 5.32 Å². The molecule has 0 bridgehead atoms. The standard InChI is InChI=1S/C12H21NO2/c1-9(12(14)15)8-13-10(2)11-6-4-3-5-7-11/h10-11,13H,1,3-8H2,2H3,(H,14,15)/t10-/m0/s1. The fraction of sp³-hybridized carbons (Fsp3) is 0.750. The fourth-order valence-electron chi connectivity index (χ4n) is 2.16. The summed E-state index contributed by atoms with van der Waals surface area (Å²) in [5, 5.41) is 11.9. The van der Waals surface area contributed by atoms with Crippen molar-refractivity contribution in [3.05, 3.63) is 12.2 Å². The molecular formula is C12H21NO2. The molecule has 1 rings (SSSR count). The summed E-state index contributed by atoms with van der Waals surface area (Å²) in [5.74, 6) is -0.196. The lowest BCUT2D eigenvalue weighted by Crippen LogP contribution is -2.36. The first-order valence-electron chi connectivity index (χ1n) is 5.75. The number of nitrogens with one attached hydrogen (secondary N) is 1. The van der Waals surface area contributed by atoms with Gasteiger partial charge >= 0.3 is 5.97 Å². The molecule has 0 aromatic carbocycles. The lowest BCUT2D eigenvalue weighted by Gasteiger charge is -2.28. The third-order valence-corrected chi connectivity index (χ3v) is 3.30. The van der Waals surface area contributed by atoms with E-state index in [9.17, 15) is 4.79 Å². The first-order chi connectivity index (χ1) is 7.11. The van der Waals surface area contributed by atoms with Crippen LogP contribution in [0, 0.1) is 5.92 Å². The molecule has 0 heterocycles. The molecule has 1 saturated carbocycles. The quantitative estimate of drug-likeness (QED) is 0.685. The van der Waals surface area contributed by atoms with Crippen LogP contribution in [0.3, 0.4) is 0 Å². The molecule has 0 saturated heterocycles. The number of rotatable bonds is 5. The SMILES string of the molecule is C=C(CN[C@@H](C)C1CCCCC1)C(=O)O. The Morgan fingerprint density at radius 3 is 2.60 bits per heavy atom. The zero-order valence-electron chi connectivity index (χ0n) is 9.46. The number of hydrogen-bond donors (Lipinski definition) is 2. The largest absolute Gasteiger partial charge is 0.478 e. The summed E-state index contributed by atoms with van der Waals surface area (Å²) < 4.78 is 0. The predicted molar refractivity (Wildman–Crippen MR) is 60.8 cm³/mol. The van der Waals surface area contributed by atoms with Crippen molar-refractivity contribution in [3.8, 4) is 0 Å². The monoisotopic (exact) mass is 211 g/mol. The van der Waals surface area contributed by atoms with Gasteiger partial charge in [-0.25, -0.2) is 4.79 Å². The van der Waals surface area contributed by atoms with Gasteiger partial charge in [0, 0.05) is 18.2 Å². The minimum atomic E-state index is -0.904. The Bertz CT molecular complexity index is 232. The molecular weight excluding hydrogens is 190 g/mol. The van der Waals surface area contributed by atoms with Gasteiger partial charge < -0.3 is 10.4 Å². The molecule has 0 spiro atoms. The lowest BCUT2D eigenvalue weighted by atomic mass is 9.84. The molecule has 1 fully saturated rings. The highest BCUT2D eigenvalue weighted by atomic mass is 16.4. The van der Waals surface area contributed by atoms with E-state index in [-0.39, 0.29) is 5.57 Å². The van der Waals surface area contributed by atoms with Crippen LogP contribution in [-0.2, 0) is 4.79 Å². The molecule has 0 amide bonds. The van der Waals surface area contributed by atoms with Gasteiger partial charge in [0.25, 0.3) is 0 Å². The van der Waals surface area contributed by atoms with E-state index in [1.54, 1.807) is 0 Å². The van der Waals surface area contributed by atoms with Crippen LogP contribution in [0.1, 0.15) is 39.0 Å². The van der Waals surface area contributed by atoms with E-state index >= 15 is 0 Å². The summed E-state index contributed by atoms with van der Waals surface area (Å²) in [6, 6.07) is 0.404. The maximum Gasteiger partial charge on any atom is 0.332 e. The Balaban J connectivity index is 2.25. The summed E-state index contributed by atoms with van der Waals surface area (Å²) in [6.45, 7) is 6.05. The van der Waals surface area contributed by atoms with Crippen LogP contribution in [0.15, 0.2) is 12.2 Å². The second kappa shape index (κ2) is 5.91. The van der Waals surface area contributed by atoms with Crippen molar-refractivity contribution in [3.63, 3.8) is 0 Å². The average Bonchev–Trinajstić information content (AvgIpc) is 2.26. The van der Waals surface area contributed by atoms with E-state index in [4.69, 9.17) is 5.11 Å². The molecule has 2 N–H and O–H groups in total. The van der Waals surface area contributed by atoms with Gasteiger partial charge in [-0.1, -0.05) is 25.8 Å². The Hall–Kier alpha value is -0.830. The summed E-state index contributed by atoms with van der Waals surface area (Å²) >= 11 is 0. The van der Waals surface area contributed by atoms with Gasteiger partial charge in [0.1, 0.15) is 0 Å². The number of hydrogen-bond acceptors (Lipinski definition) is 2. The molecule has 3 nitrogen and oxygen atoms in total. The van der Waals surface area contributed by atoms with Crippen molar-refractivity contribution >= 4 is 5.97 Å². The molecule has 86 valence electrons. The van der Waals surface area contributed by atoms with Gasteiger partial charge in [0.15, 0.2) is 0 Å². The minimum absolute atomic E-state index is 0.248. The first kappa shape index (κ1) is 12.2. The van der Waals surface area contributed by atoms with Crippen LogP contribution < -0.4 is 5.32 Å². The Kier molecular flexibility index (Phi) is 4.82. The highest BCUT2D eigenvalue weighted by molar-refractivity contribution is 5.86. The third-order valence-electron chi connectivity index (χ3n) is 3.30. The van der Waals surface area contributed by atoms with Crippen LogP contribution in [-0.4, -0.2) is 23.7 Å². The first-order valence-corrected chi connectivity index (χ1v) is 5.75. The second-order valence-electron chi connectivity index (χ2n) is 4.48. The molecule has 0 aromatic heterocycles. The summed E-state index contributed by atoms with van der Waals surface area (Å²) in [5.41, 5.74) is 0.248. The maximum atomic E-state index is 10.5. The third kappa shape index (κ3) is 4.04. The highest BCUT2D eigenvalue weighted by Gasteiger charge is 2.19.